The molecule has 0 radical (unpaired) electrons. The van der Waals surface area contributed by atoms with E-state index in [1.165, 1.54) is 21.5 Å². The Morgan fingerprint density at radius 3 is 2.35 bits per heavy atom. The molecule has 1 saturated heterocycles. The summed E-state index contributed by atoms with van der Waals surface area (Å²) in [6.07, 6.45) is 1.83. The third-order valence-corrected chi connectivity index (χ3v) is 8.34. The molecule has 0 amide bonds. The number of hydrogen-bond acceptors (Lipinski definition) is 7. The quantitative estimate of drug-likeness (QED) is 0.484. The van der Waals surface area contributed by atoms with Crippen LogP contribution in [0.4, 0.5) is 5.69 Å². The summed E-state index contributed by atoms with van der Waals surface area (Å²) in [4.78, 5) is 5.12. The molecular weight excluding hydrogens is 448 g/mol. The summed E-state index contributed by atoms with van der Waals surface area (Å²) in [6.45, 7) is 12.0. The van der Waals surface area contributed by atoms with Gasteiger partial charge in [0.25, 0.3) is 0 Å². The Morgan fingerprint density at radius 2 is 1.68 bits per heavy atom. The number of hydrogen-bond donors (Lipinski definition) is 0. The third kappa shape index (κ3) is 5.15. The number of tetrazole rings is 1. The summed E-state index contributed by atoms with van der Waals surface area (Å²) in [6, 6.07) is 13.3. The number of sulfone groups is 1. The van der Waals surface area contributed by atoms with Crippen LogP contribution in [-0.2, 0) is 15.7 Å². The molecule has 3 aromatic rings. The summed E-state index contributed by atoms with van der Waals surface area (Å²) in [5, 5.41) is 12.2. The standard InChI is InChI=1S/C25H34N6O2S/c1-5-7-24(30-16-14-29(15-17-30)23-9-6-8-20(3)21(23)4)25-26-27-28-31(25)18-34(32,33)22-12-10-19(2)11-13-22/h6,8-13,24H,5,7,14-18H2,1-4H3/t24-/m1/s1. The molecule has 9 heteroatoms. The molecule has 0 spiro atoms. The van der Waals surface area contributed by atoms with Gasteiger partial charge in [-0.2, -0.15) is 0 Å². The Morgan fingerprint density at radius 1 is 0.971 bits per heavy atom. The molecule has 0 unspecified atom stereocenters. The van der Waals surface area contributed by atoms with Crippen molar-refractivity contribution in [3.05, 3.63) is 65.0 Å². The van der Waals surface area contributed by atoms with E-state index < -0.39 is 9.84 Å². The number of aryl methyl sites for hydroxylation is 2. The first-order valence-electron chi connectivity index (χ1n) is 11.9. The SMILES string of the molecule is CCC[C@H](c1nnnn1CS(=O)(=O)c1ccc(C)cc1)N1CCN(c2cccc(C)c2C)CC1. The van der Waals surface area contributed by atoms with Crippen molar-refractivity contribution in [3.8, 4) is 0 Å². The van der Waals surface area contributed by atoms with Gasteiger partial charge in [-0.25, -0.2) is 13.1 Å². The lowest BCUT2D eigenvalue weighted by Crippen LogP contribution is -2.48. The lowest BCUT2D eigenvalue weighted by molar-refractivity contribution is 0.165. The average molecular weight is 483 g/mol. The Kier molecular flexibility index (Phi) is 7.33. The van der Waals surface area contributed by atoms with Crippen LogP contribution in [0.15, 0.2) is 47.4 Å². The van der Waals surface area contributed by atoms with Gasteiger partial charge in [0.2, 0.25) is 0 Å². The van der Waals surface area contributed by atoms with Crippen LogP contribution in [0.5, 0.6) is 0 Å². The minimum atomic E-state index is -3.56. The highest BCUT2D eigenvalue weighted by Crippen LogP contribution is 2.29. The van der Waals surface area contributed by atoms with E-state index in [-0.39, 0.29) is 16.8 Å². The van der Waals surface area contributed by atoms with Crippen molar-refractivity contribution in [1.82, 2.24) is 25.1 Å². The average Bonchev–Trinajstić information content (AvgIpc) is 3.27. The van der Waals surface area contributed by atoms with Crippen molar-refractivity contribution in [2.45, 2.75) is 57.4 Å². The molecule has 8 nitrogen and oxygen atoms in total. The van der Waals surface area contributed by atoms with E-state index in [9.17, 15) is 8.42 Å². The molecule has 0 bridgehead atoms. The van der Waals surface area contributed by atoms with Gasteiger partial charge in [-0.15, -0.1) is 5.10 Å². The van der Waals surface area contributed by atoms with Crippen LogP contribution in [0.1, 0.15) is 48.3 Å². The second-order valence-electron chi connectivity index (χ2n) is 9.14. The Labute approximate surface area is 202 Å². The highest BCUT2D eigenvalue weighted by Gasteiger charge is 2.30. The predicted octanol–water partition coefficient (Wildman–Crippen LogP) is 3.69. The van der Waals surface area contributed by atoms with Gasteiger partial charge in [-0.3, -0.25) is 4.90 Å². The van der Waals surface area contributed by atoms with E-state index in [4.69, 9.17) is 0 Å². The molecule has 2 aromatic carbocycles. The number of anilines is 1. The summed E-state index contributed by atoms with van der Waals surface area (Å²) < 4.78 is 27.5. The van der Waals surface area contributed by atoms with E-state index in [1.807, 2.05) is 19.1 Å². The fourth-order valence-corrected chi connectivity index (χ4v) is 5.83. The second-order valence-corrected chi connectivity index (χ2v) is 11.1. The highest BCUT2D eigenvalue weighted by molar-refractivity contribution is 7.90. The van der Waals surface area contributed by atoms with E-state index in [0.29, 0.717) is 5.82 Å². The topological polar surface area (TPSA) is 84.2 Å². The first-order valence-corrected chi connectivity index (χ1v) is 13.6. The monoisotopic (exact) mass is 482 g/mol. The zero-order valence-corrected chi connectivity index (χ0v) is 21.3. The fraction of sp³-hybridized carbons (Fsp3) is 0.480. The van der Waals surface area contributed by atoms with E-state index >= 15 is 0 Å². The molecule has 34 heavy (non-hydrogen) atoms. The fourth-order valence-electron chi connectivity index (χ4n) is 4.62. The summed E-state index contributed by atoms with van der Waals surface area (Å²) in [5.41, 5.74) is 4.94. The first kappa shape index (κ1) is 24.3. The maximum Gasteiger partial charge on any atom is 0.198 e. The number of nitrogens with zero attached hydrogens (tertiary/aromatic N) is 6. The zero-order chi connectivity index (χ0) is 24.3. The predicted molar refractivity (Wildman–Crippen MR) is 134 cm³/mol. The van der Waals surface area contributed by atoms with Crippen molar-refractivity contribution in [1.29, 1.82) is 0 Å². The minimum Gasteiger partial charge on any atom is -0.369 e. The van der Waals surface area contributed by atoms with Gasteiger partial charge in [0.15, 0.2) is 21.5 Å². The molecule has 0 saturated carbocycles. The van der Waals surface area contributed by atoms with Crippen LogP contribution in [0.25, 0.3) is 0 Å². The van der Waals surface area contributed by atoms with Crippen LogP contribution in [0.3, 0.4) is 0 Å². The molecule has 0 N–H and O–H groups in total. The molecular formula is C25H34N6O2S. The van der Waals surface area contributed by atoms with Crippen LogP contribution >= 0.6 is 0 Å². The van der Waals surface area contributed by atoms with Gasteiger partial charge in [0, 0.05) is 31.9 Å². The van der Waals surface area contributed by atoms with Crippen molar-refractivity contribution >= 4 is 15.5 Å². The number of benzene rings is 2. The lowest BCUT2D eigenvalue weighted by atomic mass is 10.1. The van der Waals surface area contributed by atoms with Crippen LogP contribution < -0.4 is 4.90 Å². The largest absolute Gasteiger partial charge is 0.369 e. The van der Waals surface area contributed by atoms with Crippen LogP contribution in [0, 0.1) is 20.8 Å². The number of rotatable bonds is 8. The van der Waals surface area contributed by atoms with Gasteiger partial charge in [-0.1, -0.05) is 43.2 Å². The maximum atomic E-state index is 13.0. The van der Waals surface area contributed by atoms with Crippen molar-refractivity contribution in [3.63, 3.8) is 0 Å². The van der Waals surface area contributed by atoms with Crippen LogP contribution in [-0.4, -0.2) is 59.7 Å². The van der Waals surface area contributed by atoms with Gasteiger partial charge in [-0.05, 0) is 66.9 Å². The molecule has 1 aromatic heterocycles. The number of piperazine rings is 1. The minimum absolute atomic E-state index is 0.0195. The molecule has 182 valence electrons. The van der Waals surface area contributed by atoms with Gasteiger partial charge < -0.3 is 4.90 Å². The Bertz CT molecular complexity index is 1210. The molecule has 1 aliphatic heterocycles. The first-order chi connectivity index (χ1) is 16.3. The van der Waals surface area contributed by atoms with Crippen LogP contribution in [0.2, 0.25) is 0 Å². The number of aromatic nitrogens is 4. The zero-order valence-electron chi connectivity index (χ0n) is 20.5. The third-order valence-electron chi connectivity index (χ3n) is 6.76. The molecule has 1 aliphatic rings. The van der Waals surface area contributed by atoms with E-state index in [1.54, 1.807) is 12.1 Å². The van der Waals surface area contributed by atoms with Gasteiger partial charge in [0.05, 0.1) is 10.9 Å². The molecule has 1 fully saturated rings. The summed E-state index contributed by atoms with van der Waals surface area (Å²) in [5.74, 6) is 0.360. The molecule has 1 atom stereocenters. The Hall–Kier alpha value is -2.78. The normalized spacial score (nSPS) is 16.1. The van der Waals surface area contributed by atoms with E-state index in [2.05, 4.69) is 64.3 Å². The molecule has 0 aliphatic carbocycles. The summed E-state index contributed by atoms with van der Waals surface area (Å²) in [7, 11) is -3.56. The lowest BCUT2D eigenvalue weighted by Gasteiger charge is -2.40. The van der Waals surface area contributed by atoms with Crippen molar-refractivity contribution in [2.75, 3.05) is 31.1 Å². The summed E-state index contributed by atoms with van der Waals surface area (Å²) >= 11 is 0. The van der Waals surface area contributed by atoms with Gasteiger partial charge >= 0.3 is 0 Å². The van der Waals surface area contributed by atoms with E-state index in [0.717, 1.165) is 44.6 Å². The molecule has 2 heterocycles. The maximum absolute atomic E-state index is 13.0. The Balaban J connectivity index is 1.51. The smallest absolute Gasteiger partial charge is 0.198 e. The van der Waals surface area contributed by atoms with Gasteiger partial charge in [0.1, 0.15) is 0 Å². The van der Waals surface area contributed by atoms with Crippen molar-refractivity contribution in [2.24, 2.45) is 0 Å². The molecule has 4 rings (SSSR count). The second kappa shape index (κ2) is 10.2. The van der Waals surface area contributed by atoms with Crippen molar-refractivity contribution < 1.29 is 8.42 Å². The highest BCUT2D eigenvalue weighted by atomic mass is 32.2.